The molecule has 0 amide bonds. The molecule has 0 spiro atoms. The molecule has 0 aromatic heterocycles. The molecule has 0 saturated carbocycles. The molecule has 0 fully saturated rings. The molecular formula is Al12B12O36. The van der Waals surface area contributed by atoms with Crippen LogP contribution >= 0.6 is 0 Å². The molecule has 0 aromatic rings. The van der Waals surface area contributed by atoms with Gasteiger partial charge in [0.25, 0.3) is 0 Å². The standard InChI is InChI=1S/12Al.12BO3/c;;;;;;;;;;;;12*2-1(3)4/q12*+3;12*-3. The molecule has 0 aromatic carbocycles. The average molecular weight is 1030 g/mol. The molecule has 288 valence electrons. The monoisotopic (exact) mass is 1030 g/mol. The van der Waals surface area contributed by atoms with E-state index in [1.165, 1.54) is 0 Å². The van der Waals surface area contributed by atoms with E-state index in [0.717, 1.165) is 0 Å². The quantitative estimate of drug-likeness (QED) is 0.203. The van der Waals surface area contributed by atoms with Crippen LogP contribution in [0.1, 0.15) is 0 Å². The normalized spacial score (nSPS) is 5.40. The van der Waals surface area contributed by atoms with Crippen LogP contribution in [0.3, 0.4) is 0 Å². The molecule has 0 aliphatic heterocycles. The second-order valence-corrected chi connectivity index (χ2v) is 3.46. The molecule has 0 unspecified atom stereocenters. The number of hydrogen-bond donors (Lipinski definition) is 0. The van der Waals surface area contributed by atoms with Crippen LogP contribution in [0.2, 0.25) is 0 Å². The van der Waals surface area contributed by atoms with Crippen molar-refractivity contribution in [3.8, 4) is 0 Å². The second kappa shape index (κ2) is 151. The van der Waals surface area contributed by atoms with Crippen LogP contribution in [0.25, 0.3) is 0 Å². The minimum atomic E-state index is -2.92. The summed E-state index contributed by atoms with van der Waals surface area (Å²) in [5.41, 5.74) is 0. The van der Waals surface area contributed by atoms with Crippen molar-refractivity contribution in [3.63, 3.8) is 0 Å². The first-order valence-corrected chi connectivity index (χ1v) is 8.49. The largest absolute Gasteiger partial charge is 3.00 e. The third-order valence-corrected chi connectivity index (χ3v) is 0. The SMILES string of the molecule is [Al+3].[Al+3].[Al+3].[Al+3].[Al+3].[Al+3].[Al+3].[Al+3].[Al+3].[Al+3].[Al+3].[Al+3].[O-]B([O-])[O-].[O-]B([O-])[O-].[O-]B([O-])[O-].[O-]B([O-])[O-].[O-]B([O-])[O-].[O-]B([O-])[O-].[O-]B([O-])[O-].[O-]B([O-])[O-].[O-]B([O-])[O-].[O-]B([O-])[O-].[O-]B([O-])[O-].[O-]B([O-])[O-]. The first-order valence-electron chi connectivity index (χ1n) is 8.49. The summed E-state index contributed by atoms with van der Waals surface area (Å²) in [4.78, 5) is 0. The van der Waals surface area contributed by atoms with Crippen molar-refractivity contribution in [2.45, 2.75) is 0 Å². The predicted molar refractivity (Wildman–Crippen MR) is 138 cm³/mol. The van der Waals surface area contributed by atoms with Gasteiger partial charge in [-0.05, 0) is 0 Å². The third-order valence-electron chi connectivity index (χ3n) is 0. The summed E-state index contributed by atoms with van der Waals surface area (Å²) in [7, 11) is -35.0. The van der Waals surface area contributed by atoms with Crippen LogP contribution in [-0.4, -0.2) is 296 Å². The molecule has 0 radical (unpaired) electrons. The molecule has 0 heterocycles. The van der Waals surface area contributed by atoms with Crippen molar-refractivity contribution in [2.75, 3.05) is 0 Å². The molecule has 0 aliphatic rings. The molecular weight excluding hydrogens is 1030 g/mol. The van der Waals surface area contributed by atoms with Gasteiger partial charge >= 0.3 is 208 Å². The van der Waals surface area contributed by atoms with Gasteiger partial charge < -0.3 is 181 Å². The summed E-state index contributed by atoms with van der Waals surface area (Å²) < 4.78 is 0. The van der Waals surface area contributed by atoms with Gasteiger partial charge in [0.1, 0.15) is 0 Å². The number of rotatable bonds is 0. The van der Waals surface area contributed by atoms with Gasteiger partial charge in [-0.1, -0.05) is 0 Å². The number of hydrogen-bond acceptors (Lipinski definition) is 36. The van der Waals surface area contributed by atoms with E-state index in [1.807, 2.05) is 0 Å². The summed E-state index contributed by atoms with van der Waals surface area (Å²) in [6.45, 7) is 0. The van der Waals surface area contributed by atoms with E-state index in [4.69, 9.17) is 181 Å². The fourth-order valence-electron chi connectivity index (χ4n) is 0. The summed E-state index contributed by atoms with van der Waals surface area (Å²) in [6.07, 6.45) is 0. The average Bonchev–Trinajstić information content (AvgIpc) is 2.61. The van der Waals surface area contributed by atoms with Gasteiger partial charge in [0, 0.05) is 0 Å². The molecule has 0 saturated heterocycles. The van der Waals surface area contributed by atoms with Crippen molar-refractivity contribution in [2.24, 2.45) is 0 Å². The van der Waals surface area contributed by atoms with E-state index >= 15 is 0 Å². The van der Waals surface area contributed by atoms with E-state index in [0.29, 0.717) is 0 Å². The van der Waals surface area contributed by atoms with E-state index in [2.05, 4.69) is 0 Å². The topological polar surface area (TPSA) is 830 Å². The van der Waals surface area contributed by atoms with Crippen molar-refractivity contribution in [1.82, 2.24) is 0 Å². The van der Waals surface area contributed by atoms with E-state index in [9.17, 15) is 0 Å². The Hall–Kier alpha value is 5.73. The Balaban J connectivity index is -0.0000000105. The fourth-order valence-corrected chi connectivity index (χ4v) is 0. The van der Waals surface area contributed by atoms with Gasteiger partial charge in [-0.15, -0.1) is 0 Å². The first kappa shape index (κ1) is 158. The minimum Gasteiger partial charge on any atom is -0.907 e. The second-order valence-electron chi connectivity index (χ2n) is 3.46. The maximum absolute atomic E-state index is 8.42. The first-order chi connectivity index (χ1) is 20.8. The molecule has 0 N–H and O–H groups in total. The Morgan fingerprint density at radius 3 is 0.0833 bits per heavy atom. The van der Waals surface area contributed by atoms with Gasteiger partial charge in [0.2, 0.25) is 0 Å². The predicted octanol–water partition coefficient (Wildman–Crippen LogP) is -51.9. The molecule has 0 aliphatic carbocycles. The Morgan fingerprint density at radius 2 is 0.0833 bits per heavy atom. The van der Waals surface area contributed by atoms with Gasteiger partial charge in [-0.3, -0.25) is 87.9 Å². The summed E-state index contributed by atoms with van der Waals surface area (Å²) in [6, 6.07) is 0. The van der Waals surface area contributed by atoms with Gasteiger partial charge in [-0.2, -0.15) is 0 Å². The van der Waals surface area contributed by atoms with Gasteiger partial charge in [0.15, 0.2) is 0 Å². The van der Waals surface area contributed by atoms with E-state index in [1.54, 1.807) is 0 Å². The summed E-state index contributed by atoms with van der Waals surface area (Å²) in [5.74, 6) is 0. The van der Waals surface area contributed by atoms with Crippen LogP contribution < -0.4 is 181 Å². The third kappa shape index (κ3) is 7640. The zero-order valence-electron chi connectivity index (χ0n) is 28.6. The van der Waals surface area contributed by atoms with Crippen molar-refractivity contribution < 1.29 is 181 Å². The minimum absolute atomic E-state index is 0. The molecule has 0 rings (SSSR count). The van der Waals surface area contributed by atoms with E-state index < -0.39 is 87.9 Å². The van der Waals surface area contributed by atoms with Crippen molar-refractivity contribution in [3.05, 3.63) is 0 Å². The van der Waals surface area contributed by atoms with Crippen LogP contribution in [-0.2, 0) is 0 Å². The van der Waals surface area contributed by atoms with E-state index in [-0.39, 0.29) is 208 Å². The Kier molecular flexibility index (Phi) is 398. The van der Waals surface area contributed by atoms with Crippen LogP contribution in [0.15, 0.2) is 0 Å². The summed E-state index contributed by atoms with van der Waals surface area (Å²) in [5, 5.41) is 303. The van der Waals surface area contributed by atoms with Gasteiger partial charge in [-0.25, -0.2) is 0 Å². The van der Waals surface area contributed by atoms with Crippen LogP contribution in [0.5, 0.6) is 0 Å². The zero-order chi connectivity index (χ0) is 42.9. The Morgan fingerprint density at radius 1 is 0.0833 bits per heavy atom. The van der Waals surface area contributed by atoms with Gasteiger partial charge in [0.05, 0.1) is 0 Å². The Labute approximate surface area is 472 Å². The zero-order valence-corrected chi connectivity index (χ0v) is 42.4. The Bertz CT molecular complexity index is 268. The molecule has 0 bridgehead atoms. The van der Waals surface area contributed by atoms with Crippen molar-refractivity contribution >= 4 is 296 Å². The van der Waals surface area contributed by atoms with Crippen molar-refractivity contribution in [1.29, 1.82) is 0 Å². The molecule has 36 nitrogen and oxygen atoms in total. The molecule has 60 heavy (non-hydrogen) atoms. The summed E-state index contributed by atoms with van der Waals surface area (Å²) >= 11 is 0. The maximum atomic E-state index is 8.42. The van der Waals surface area contributed by atoms with Crippen LogP contribution in [0, 0.1) is 0 Å². The maximum Gasteiger partial charge on any atom is 3.00 e. The smallest absolute Gasteiger partial charge is 0.907 e. The van der Waals surface area contributed by atoms with Crippen LogP contribution in [0.4, 0.5) is 0 Å². The molecule has 60 heteroatoms. The fraction of sp³-hybridized carbons (Fsp3) is 0. The molecule has 0 atom stereocenters.